The highest BCUT2D eigenvalue weighted by atomic mass is 35.5. The molecule has 1 amide bonds. The molecule has 0 spiro atoms. The van der Waals surface area contributed by atoms with E-state index in [0.29, 0.717) is 11.5 Å². The van der Waals surface area contributed by atoms with Gasteiger partial charge in [0.15, 0.2) is 0 Å². The Morgan fingerprint density at radius 3 is 2.27 bits per heavy atom. The summed E-state index contributed by atoms with van der Waals surface area (Å²) in [4.78, 5) is 12.7. The molecule has 0 aromatic heterocycles. The van der Waals surface area contributed by atoms with Crippen LogP contribution >= 0.6 is 23.2 Å². The van der Waals surface area contributed by atoms with E-state index in [1.165, 1.54) is 30.3 Å². The molecule has 0 unspecified atom stereocenters. The quantitative estimate of drug-likeness (QED) is 0.410. The maximum absolute atomic E-state index is 13.3. The van der Waals surface area contributed by atoms with Crippen LogP contribution in [0.15, 0.2) is 77.7 Å². The van der Waals surface area contributed by atoms with Crippen molar-refractivity contribution in [1.29, 1.82) is 0 Å². The van der Waals surface area contributed by atoms with Gasteiger partial charge in [-0.05, 0) is 42.5 Å². The number of carbonyl (C=O) groups excluding carboxylic acids is 1. The second kappa shape index (κ2) is 11.3. The predicted molar refractivity (Wildman–Crippen MR) is 129 cm³/mol. The first-order chi connectivity index (χ1) is 15.8. The van der Waals surface area contributed by atoms with Gasteiger partial charge in [0, 0.05) is 16.1 Å². The molecule has 3 aromatic carbocycles. The zero-order chi connectivity index (χ0) is 23.8. The standard InChI is InChI=1S/C23H22Cl2N2O5S/c1-31-20-6-5-7-21(15-20)32-11-10-26-23(28)16-27(19-13-17(24)12-18(25)14-19)33(29,30)22-8-3-2-4-9-22/h2-9,12-15H,10-11,16H2,1H3,(H,26,28). The molecule has 0 aliphatic rings. The average Bonchev–Trinajstić information content (AvgIpc) is 2.80. The van der Waals surface area contributed by atoms with Crippen LogP contribution in [0.1, 0.15) is 0 Å². The first-order valence-corrected chi connectivity index (χ1v) is 12.1. The van der Waals surface area contributed by atoms with Crippen LogP contribution < -0.4 is 19.1 Å². The van der Waals surface area contributed by atoms with Crippen LogP contribution in [-0.2, 0) is 14.8 Å². The van der Waals surface area contributed by atoms with E-state index in [1.807, 2.05) is 0 Å². The minimum atomic E-state index is -4.05. The molecule has 7 nitrogen and oxygen atoms in total. The maximum Gasteiger partial charge on any atom is 0.264 e. The molecule has 0 saturated carbocycles. The smallest absolute Gasteiger partial charge is 0.264 e. The van der Waals surface area contributed by atoms with Gasteiger partial charge >= 0.3 is 0 Å². The van der Waals surface area contributed by atoms with E-state index in [1.54, 1.807) is 49.6 Å². The fraction of sp³-hybridized carbons (Fsp3) is 0.174. The summed E-state index contributed by atoms with van der Waals surface area (Å²) in [7, 11) is -2.50. The van der Waals surface area contributed by atoms with Gasteiger partial charge in [-0.25, -0.2) is 8.42 Å². The number of ether oxygens (including phenoxy) is 2. The molecule has 0 heterocycles. The van der Waals surface area contributed by atoms with Crippen molar-refractivity contribution in [2.75, 3.05) is 31.1 Å². The maximum atomic E-state index is 13.3. The SMILES string of the molecule is COc1cccc(OCCNC(=O)CN(c2cc(Cl)cc(Cl)c2)S(=O)(=O)c2ccccc2)c1. The van der Waals surface area contributed by atoms with Gasteiger partial charge in [-0.1, -0.05) is 47.5 Å². The summed E-state index contributed by atoms with van der Waals surface area (Å²) < 4.78 is 38.3. The normalized spacial score (nSPS) is 11.0. The third-order valence-electron chi connectivity index (χ3n) is 4.49. The fourth-order valence-corrected chi connectivity index (χ4v) is 4.89. The van der Waals surface area contributed by atoms with Crippen molar-refractivity contribution in [2.45, 2.75) is 4.90 Å². The largest absolute Gasteiger partial charge is 0.497 e. The van der Waals surface area contributed by atoms with Crippen LogP contribution in [-0.4, -0.2) is 41.1 Å². The van der Waals surface area contributed by atoms with Crippen molar-refractivity contribution < 1.29 is 22.7 Å². The monoisotopic (exact) mass is 508 g/mol. The van der Waals surface area contributed by atoms with Crippen LogP contribution in [0.5, 0.6) is 11.5 Å². The predicted octanol–water partition coefficient (Wildman–Crippen LogP) is 4.39. The van der Waals surface area contributed by atoms with Crippen molar-refractivity contribution in [3.63, 3.8) is 0 Å². The minimum absolute atomic E-state index is 0.0373. The molecular weight excluding hydrogens is 487 g/mol. The van der Waals surface area contributed by atoms with Gasteiger partial charge in [0.1, 0.15) is 24.7 Å². The van der Waals surface area contributed by atoms with E-state index in [-0.39, 0.29) is 33.8 Å². The highest BCUT2D eigenvalue weighted by molar-refractivity contribution is 7.92. The van der Waals surface area contributed by atoms with E-state index >= 15 is 0 Å². The summed E-state index contributed by atoms with van der Waals surface area (Å²) >= 11 is 12.2. The third kappa shape index (κ3) is 6.77. The van der Waals surface area contributed by atoms with E-state index in [2.05, 4.69) is 5.32 Å². The second-order valence-corrected chi connectivity index (χ2v) is 9.56. The third-order valence-corrected chi connectivity index (χ3v) is 6.71. The molecule has 3 aromatic rings. The summed E-state index contributed by atoms with van der Waals surface area (Å²) in [5.41, 5.74) is 0.180. The summed E-state index contributed by atoms with van der Waals surface area (Å²) in [6.07, 6.45) is 0. The number of hydrogen-bond acceptors (Lipinski definition) is 5. The first-order valence-electron chi connectivity index (χ1n) is 9.87. The summed E-state index contributed by atoms with van der Waals surface area (Å²) in [5.74, 6) is 0.726. The topological polar surface area (TPSA) is 84.9 Å². The molecule has 33 heavy (non-hydrogen) atoms. The molecule has 174 valence electrons. The minimum Gasteiger partial charge on any atom is -0.497 e. The fourth-order valence-electron chi connectivity index (χ4n) is 2.95. The zero-order valence-corrected chi connectivity index (χ0v) is 20.0. The number of anilines is 1. The Bertz CT molecular complexity index is 1190. The number of benzene rings is 3. The lowest BCUT2D eigenvalue weighted by Gasteiger charge is -2.24. The molecule has 0 aliphatic heterocycles. The van der Waals surface area contributed by atoms with Crippen LogP contribution in [0.2, 0.25) is 10.0 Å². The van der Waals surface area contributed by atoms with Crippen molar-refractivity contribution >= 4 is 44.8 Å². The van der Waals surface area contributed by atoms with Crippen molar-refractivity contribution in [1.82, 2.24) is 5.32 Å². The summed E-state index contributed by atoms with van der Waals surface area (Å²) in [6.45, 7) is -0.105. The highest BCUT2D eigenvalue weighted by Gasteiger charge is 2.27. The summed E-state index contributed by atoms with van der Waals surface area (Å²) in [6, 6.07) is 19.2. The van der Waals surface area contributed by atoms with Crippen LogP contribution in [0.3, 0.4) is 0 Å². The number of sulfonamides is 1. The highest BCUT2D eigenvalue weighted by Crippen LogP contribution is 2.29. The summed E-state index contributed by atoms with van der Waals surface area (Å²) in [5, 5.41) is 3.16. The molecule has 3 rings (SSSR count). The molecule has 0 atom stereocenters. The number of nitrogens with one attached hydrogen (secondary N) is 1. The number of nitrogens with zero attached hydrogens (tertiary/aromatic N) is 1. The molecule has 10 heteroatoms. The Kier molecular flexibility index (Phi) is 8.43. The molecule has 0 saturated heterocycles. The number of amides is 1. The van der Waals surface area contributed by atoms with Gasteiger partial charge in [0.05, 0.1) is 24.2 Å². The van der Waals surface area contributed by atoms with Gasteiger partial charge in [-0.3, -0.25) is 9.10 Å². The molecular formula is C23H22Cl2N2O5S. The Hall–Kier alpha value is -2.94. The molecule has 0 fully saturated rings. The Labute approximate surface area is 202 Å². The van der Waals surface area contributed by atoms with Crippen LogP contribution in [0.4, 0.5) is 5.69 Å². The van der Waals surface area contributed by atoms with Gasteiger partial charge in [-0.15, -0.1) is 0 Å². The number of carbonyl (C=O) groups is 1. The van der Waals surface area contributed by atoms with E-state index in [9.17, 15) is 13.2 Å². The van der Waals surface area contributed by atoms with Crippen molar-refractivity contribution in [3.8, 4) is 11.5 Å². The molecule has 1 N–H and O–H groups in total. The number of rotatable bonds is 10. The lowest BCUT2D eigenvalue weighted by Crippen LogP contribution is -2.42. The van der Waals surface area contributed by atoms with Crippen LogP contribution in [0.25, 0.3) is 0 Å². The van der Waals surface area contributed by atoms with Gasteiger partial charge in [-0.2, -0.15) is 0 Å². The molecule has 0 bridgehead atoms. The number of hydrogen-bond donors (Lipinski definition) is 1. The zero-order valence-electron chi connectivity index (χ0n) is 17.7. The Balaban J connectivity index is 1.71. The lowest BCUT2D eigenvalue weighted by molar-refractivity contribution is -0.119. The van der Waals surface area contributed by atoms with Crippen molar-refractivity contribution in [2.24, 2.45) is 0 Å². The molecule has 0 radical (unpaired) electrons. The Morgan fingerprint density at radius 1 is 0.939 bits per heavy atom. The van der Waals surface area contributed by atoms with Crippen LogP contribution in [0, 0.1) is 0 Å². The van der Waals surface area contributed by atoms with Gasteiger partial charge < -0.3 is 14.8 Å². The number of halogens is 2. The average molecular weight is 509 g/mol. The Morgan fingerprint density at radius 2 is 1.61 bits per heavy atom. The van der Waals surface area contributed by atoms with E-state index < -0.39 is 22.5 Å². The number of methoxy groups -OCH3 is 1. The van der Waals surface area contributed by atoms with Crippen molar-refractivity contribution in [3.05, 3.63) is 82.8 Å². The molecule has 0 aliphatic carbocycles. The van der Waals surface area contributed by atoms with E-state index in [0.717, 1.165) is 4.31 Å². The van der Waals surface area contributed by atoms with Gasteiger partial charge in [0.2, 0.25) is 5.91 Å². The first kappa shape index (κ1) is 24.7. The second-order valence-electron chi connectivity index (χ2n) is 6.83. The van der Waals surface area contributed by atoms with Gasteiger partial charge in [0.25, 0.3) is 10.0 Å². The van der Waals surface area contributed by atoms with E-state index in [4.69, 9.17) is 32.7 Å². The lowest BCUT2D eigenvalue weighted by atomic mass is 10.3.